The molecule has 230 valence electrons. The van der Waals surface area contributed by atoms with Gasteiger partial charge in [-0.2, -0.15) is 9.97 Å². The molecule has 0 spiro atoms. The maximum Gasteiger partial charge on any atom is 0.318 e. The molecular weight excluding hydrogens is 559 g/mol. The van der Waals surface area contributed by atoms with Crippen molar-refractivity contribution in [3.63, 3.8) is 0 Å². The van der Waals surface area contributed by atoms with Crippen LogP contribution in [0.5, 0.6) is 6.01 Å². The molecule has 1 saturated carbocycles. The Bertz CT molecular complexity index is 1560. The van der Waals surface area contributed by atoms with E-state index in [1.54, 1.807) is 4.90 Å². The number of rotatable bonds is 11. The molecule has 0 radical (unpaired) electrons. The SMILES string of the molecule is [C-]#[N+]C[C@H]1CN(c2nc(OCCCOC3CC3)nc3c2CCN(c2cccc4cccc(C)c24)C3)CCN1C(=O)/C=C/CF. The molecule has 1 atom stereocenters. The van der Waals surface area contributed by atoms with Gasteiger partial charge in [0.25, 0.3) is 0 Å². The van der Waals surface area contributed by atoms with Crippen LogP contribution in [0, 0.1) is 13.5 Å². The second-order valence-corrected chi connectivity index (χ2v) is 11.7. The summed E-state index contributed by atoms with van der Waals surface area (Å²) < 4.78 is 24.6. The second kappa shape index (κ2) is 13.6. The Morgan fingerprint density at radius 1 is 1.11 bits per heavy atom. The highest BCUT2D eigenvalue weighted by atomic mass is 19.1. The number of aromatic nitrogens is 2. The molecule has 1 amide bonds. The van der Waals surface area contributed by atoms with Gasteiger partial charge in [0, 0.05) is 55.3 Å². The quantitative estimate of drug-likeness (QED) is 0.176. The number of hydrogen-bond acceptors (Lipinski definition) is 7. The number of piperazine rings is 1. The molecule has 9 nitrogen and oxygen atoms in total. The number of anilines is 2. The fourth-order valence-electron chi connectivity index (χ4n) is 6.24. The van der Waals surface area contributed by atoms with Gasteiger partial charge in [0.2, 0.25) is 12.5 Å². The van der Waals surface area contributed by atoms with Crippen molar-refractivity contribution in [2.45, 2.75) is 51.3 Å². The summed E-state index contributed by atoms with van der Waals surface area (Å²) in [5, 5.41) is 2.47. The van der Waals surface area contributed by atoms with E-state index in [0.29, 0.717) is 51.5 Å². The third kappa shape index (κ3) is 6.63. The summed E-state index contributed by atoms with van der Waals surface area (Å²) in [6, 6.07) is 12.9. The zero-order valence-electron chi connectivity index (χ0n) is 25.3. The molecular formula is C34H39FN6O3. The van der Waals surface area contributed by atoms with Crippen molar-refractivity contribution in [1.82, 2.24) is 14.9 Å². The van der Waals surface area contributed by atoms with E-state index in [0.717, 1.165) is 49.3 Å². The first-order chi connectivity index (χ1) is 21.6. The molecule has 3 aliphatic rings. The number of allylic oxidation sites excluding steroid dienone is 1. The minimum atomic E-state index is -0.697. The van der Waals surface area contributed by atoms with Gasteiger partial charge in [-0.15, -0.1) is 0 Å². The lowest BCUT2D eigenvalue weighted by molar-refractivity contribution is -0.128. The number of hydrogen-bond donors (Lipinski definition) is 0. The second-order valence-electron chi connectivity index (χ2n) is 11.7. The number of halogens is 1. The lowest BCUT2D eigenvalue weighted by Crippen LogP contribution is -2.56. The van der Waals surface area contributed by atoms with Crippen molar-refractivity contribution in [3.05, 3.63) is 76.8 Å². The summed E-state index contributed by atoms with van der Waals surface area (Å²) in [5.41, 5.74) is 4.45. The Morgan fingerprint density at radius 3 is 2.75 bits per heavy atom. The summed E-state index contributed by atoms with van der Waals surface area (Å²) in [6.45, 7) is 13.1. The number of amides is 1. The first kappa shape index (κ1) is 29.8. The summed E-state index contributed by atoms with van der Waals surface area (Å²) >= 11 is 0. The van der Waals surface area contributed by atoms with E-state index in [-0.39, 0.29) is 18.5 Å². The standard InChI is InChI=1S/C34H39FN6O3/c1-24-7-3-8-25-9-4-10-30(32(24)25)39-16-14-28-29(23-39)37-34(44-20-6-19-43-27-12-13-27)38-33(28)40-17-18-41(26(22-40)21-36-2)31(42)11-5-15-35/h3-5,7-11,26-27H,6,12-23H2,1H3/b11-5+/t26-/m0/s1. The predicted octanol–water partition coefficient (Wildman–Crippen LogP) is 4.91. The molecule has 3 aromatic rings. The highest BCUT2D eigenvalue weighted by molar-refractivity contribution is 5.97. The number of alkyl halides is 1. The Morgan fingerprint density at radius 2 is 1.95 bits per heavy atom. The Labute approximate surface area is 258 Å². The van der Waals surface area contributed by atoms with Crippen LogP contribution in [-0.4, -0.2) is 85.5 Å². The molecule has 2 aromatic carbocycles. The van der Waals surface area contributed by atoms with Crippen molar-refractivity contribution >= 4 is 28.2 Å². The molecule has 0 unspecified atom stereocenters. The molecule has 1 saturated heterocycles. The number of ether oxygens (including phenoxy) is 2. The van der Waals surface area contributed by atoms with E-state index in [2.05, 4.69) is 58.0 Å². The van der Waals surface area contributed by atoms with Crippen LogP contribution >= 0.6 is 0 Å². The van der Waals surface area contributed by atoms with E-state index in [1.807, 2.05) is 0 Å². The number of nitrogens with zero attached hydrogens (tertiary/aromatic N) is 6. The zero-order chi connectivity index (χ0) is 30.5. The zero-order valence-corrected chi connectivity index (χ0v) is 25.3. The van der Waals surface area contributed by atoms with Crippen LogP contribution in [-0.2, 0) is 22.5 Å². The highest BCUT2D eigenvalue weighted by Crippen LogP contribution is 2.36. The molecule has 0 N–H and O–H groups in total. The molecule has 6 rings (SSSR count). The van der Waals surface area contributed by atoms with E-state index >= 15 is 0 Å². The number of carbonyl (C=O) groups excluding carboxylic acids is 1. The minimum Gasteiger partial charge on any atom is -0.463 e. The number of benzene rings is 2. The van der Waals surface area contributed by atoms with Crippen LogP contribution in [0.15, 0.2) is 48.6 Å². The van der Waals surface area contributed by atoms with Crippen LogP contribution in [0.25, 0.3) is 15.6 Å². The van der Waals surface area contributed by atoms with Gasteiger partial charge in [-0.25, -0.2) is 11.0 Å². The van der Waals surface area contributed by atoms with Gasteiger partial charge < -0.3 is 29.0 Å². The van der Waals surface area contributed by atoms with Crippen LogP contribution in [0.4, 0.5) is 15.9 Å². The lowest BCUT2D eigenvalue weighted by Gasteiger charge is -2.41. The van der Waals surface area contributed by atoms with Gasteiger partial charge in [0.15, 0.2) is 0 Å². The van der Waals surface area contributed by atoms with E-state index in [9.17, 15) is 9.18 Å². The Balaban J connectivity index is 1.28. The number of fused-ring (bicyclic) bond motifs is 2. The van der Waals surface area contributed by atoms with E-state index in [1.165, 1.54) is 34.2 Å². The van der Waals surface area contributed by atoms with Crippen LogP contribution in [0.2, 0.25) is 0 Å². The fourth-order valence-corrected chi connectivity index (χ4v) is 6.24. The minimum absolute atomic E-state index is 0.164. The van der Waals surface area contributed by atoms with Crippen molar-refractivity contribution < 1.29 is 18.7 Å². The highest BCUT2D eigenvalue weighted by Gasteiger charge is 2.35. The van der Waals surface area contributed by atoms with Crippen molar-refractivity contribution in [3.8, 4) is 6.01 Å². The monoisotopic (exact) mass is 598 g/mol. The average Bonchev–Trinajstić information content (AvgIpc) is 3.87. The summed E-state index contributed by atoms with van der Waals surface area (Å²) in [4.78, 5) is 32.5. The topological polar surface area (TPSA) is 75.4 Å². The summed E-state index contributed by atoms with van der Waals surface area (Å²) in [6.07, 6.45) is 6.69. The first-order valence-corrected chi connectivity index (χ1v) is 15.5. The van der Waals surface area contributed by atoms with Crippen molar-refractivity contribution in [2.24, 2.45) is 0 Å². The molecule has 10 heteroatoms. The van der Waals surface area contributed by atoms with Gasteiger partial charge in [0.1, 0.15) is 18.5 Å². The van der Waals surface area contributed by atoms with Crippen LogP contribution < -0.4 is 14.5 Å². The summed E-state index contributed by atoms with van der Waals surface area (Å²) in [5.74, 6) is 0.550. The van der Waals surface area contributed by atoms with Gasteiger partial charge in [-0.3, -0.25) is 4.79 Å². The number of aryl methyl sites for hydroxylation is 1. The smallest absolute Gasteiger partial charge is 0.318 e. The lowest BCUT2D eigenvalue weighted by atomic mass is 9.99. The third-order valence-electron chi connectivity index (χ3n) is 8.57. The maximum atomic E-state index is 12.8. The fraction of sp³-hybridized carbons (Fsp3) is 0.471. The van der Waals surface area contributed by atoms with Crippen molar-refractivity contribution in [1.29, 1.82) is 0 Å². The summed E-state index contributed by atoms with van der Waals surface area (Å²) in [7, 11) is 0. The molecule has 2 fully saturated rings. The molecule has 1 aliphatic carbocycles. The normalized spacial score (nSPS) is 18.5. The van der Waals surface area contributed by atoms with Gasteiger partial charge in [-0.1, -0.05) is 30.3 Å². The third-order valence-corrected chi connectivity index (χ3v) is 8.57. The van der Waals surface area contributed by atoms with E-state index < -0.39 is 6.67 Å². The molecule has 3 heterocycles. The van der Waals surface area contributed by atoms with Crippen LogP contribution in [0.1, 0.15) is 36.1 Å². The predicted molar refractivity (Wildman–Crippen MR) is 169 cm³/mol. The Kier molecular flexibility index (Phi) is 9.22. The molecule has 1 aromatic heterocycles. The Hall–Kier alpha value is -4.23. The van der Waals surface area contributed by atoms with Gasteiger partial charge in [0.05, 0.1) is 31.6 Å². The largest absolute Gasteiger partial charge is 0.463 e. The van der Waals surface area contributed by atoms with Crippen molar-refractivity contribution in [2.75, 3.05) is 62.4 Å². The molecule has 2 aliphatic heterocycles. The van der Waals surface area contributed by atoms with Crippen LogP contribution in [0.3, 0.4) is 0 Å². The van der Waals surface area contributed by atoms with Gasteiger partial charge in [-0.05, 0) is 49.3 Å². The molecule has 0 bridgehead atoms. The average molecular weight is 599 g/mol. The molecule has 44 heavy (non-hydrogen) atoms. The number of carbonyl (C=O) groups is 1. The van der Waals surface area contributed by atoms with E-state index in [4.69, 9.17) is 26.0 Å². The van der Waals surface area contributed by atoms with Gasteiger partial charge >= 0.3 is 6.01 Å². The first-order valence-electron chi connectivity index (χ1n) is 15.5. The maximum absolute atomic E-state index is 12.8.